The SMILES string of the molecule is C[Si](C)(C)CCOC(=O)N1CC=C(OS(=O)(=O)C(F)(F)F)CC1. The summed E-state index contributed by atoms with van der Waals surface area (Å²) in [7, 11) is -6.99. The molecule has 0 saturated carbocycles. The van der Waals surface area contributed by atoms with Gasteiger partial charge in [0.05, 0.1) is 6.61 Å². The molecule has 0 saturated heterocycles. The number of ether oxygens (including phenoxy) is 1. The zero-order valence-corrected chi connectivity index (χ0v) is 15.0. The molecule has 0 atom stereocenters. The summed E-state index contributed by atoms with van der Waals surface area (Å²) in [5.74, 6) is -0.325. The minimum Gasteiger partial charge on any atom is -0.450 e. The van der Waals surface area contributed by atoms with E-state index in [1.807, 2.05) is 0 Å². The number of hydrogen-bond acceptors (Lipinski definition) is 5. The van der Waals surface area contributed by atoms with E-state index in [1.165, 1.54) is 4.90 Å². The van der Waals surface area contributed by atoms with Crippen LogP contribution in [0.1, 0.15) is 6.42 Å². The van der Waals surface area contributed by atoms with Crippen molar-refractivity contribution in [3.63, 3.8) is 0 Å². The molecule has 0 aromatic heterocycles. The zero-order valence-electron chi connectivity index (χ0n) is 13.1. The fourth-order valence-electron chi connectivity index (χ4n) is 1.62. The molecule has 0 bridgehead atoms. The summed E-state index contributed by atoms with van der Waals surface area (Å²) in [6, 6.07) is 0.806. The molecule has 0 aliphatic carbocycles. The van der Waals surface area contributed by atoms with Gasteiger partial charge in [-0.15, -0.1) is 0 Å². The number of carbonyl (C=O) groups excluding carboxylic acids is 1. The highest BCUT2D eigenvalue weighted by Crippen LogP contribution is 2.28. The lowest BCUT2D eigenvalue weighted by molar-refractivity contribution is -0.0525. The van der Waals surface area contributed by atoms with E-state index in [0.29, 0.717) is 6.61 Å². The Morgan fingerprint density at radius 1 is 1.35 bits per heavy atom. The zero-order chi connectivity index (χ0) is 17.9. The van der Waals surface area contributed by atoms with Crippen LogP contribution < -0.4 is 0 Å². The van der Waals surface area contributed by atoms with E-state index < -0.39 is 29.8 Å². The smallest absolute Gasteiger partial charge is 0.450 e. The first kappa shape index (κ1) is 19.8. The van der Waals surface area contributed by atoms with Crippen molar-refractivity contribution in [3.05, 3.63) is 11.8 Å². The molecule has 0 spiro atoms. The van der Waals surface area contributed by atoms with Crippen LogP contribution in [0.3, 0.4) is 0 Å². The Balaban J connectivity index is 2.51. The van der Waals surface area contributed by atoms with Gasteiger partial charge in [-0.2, -0.15) is 21.6 Å². The van der Waals surface area contributed by atoms with Crippen LogP contribution in [-0.4, -0.2) is 52.7 Å². The fourth-order valence-corrected chi connectivity index (χ4v) is 2.86. The predicted octanol–water partition coefficient (Wildman–Crippen LogP) is 2.92. The lowest BCUT2D eigenvalue weighted by atomic mass is 10.2. The van der Waals surface area contributed by atoms with Crippen molar-refractivity contribution in [2.45, 2.75) is 37.6 Å². The average Bonchev–Trinajstić information content (AvgIpc) is 2.36. The summed E-state index contributed by atoms with van der Waals surface area (Å²) in [5, 5.41) is 0. The van der Waals surface area contributed by atoms with Crippen LogP contribution in [0.4, 0.5) is 18.0 Å². The van der Waals surface area contributed by atoms with Gasteiger partial charge in [0.15, 0.2) is 0 Å². The third-order valence-corrected chi connectivity index (χ3v) is 5.71. The van der Waals surface area contributed by atoms with Gasteiger partial charge < -0.3 is 13.8 Å². The van der Waals surface area contributed by atoms with Gasteiger partial charge in [-0.05, 0) is 12.1 Å². The van der Waals surface area contributed by atoms with Crippen molar-refractivity contribution in [3.8, 4) is 0 Å². The van der Waals surface area contributed by atoms with Crippen molar-refractivity contribution in [1.82, 2.24) is 4.90 Å². The van der Waals surface area contributed by atoms with Crippen molar-refractivity contribution in [2.75, 3.05) is 19.7 Å². The van der Waals surface area contributed by atoms with E-state index in [9.17, 15) is 26.4 Å². The van der Waals surface area contributed by atoms with E-state index in [-0.39, 0.29) is 25.3 Å². The molecule has 0 aromatic rings. The molecule has 134 valence electrons. The van der Waals surface area contributed by atoms with Crippen LogP contribution in [0.15, 0.2) is 11.8 Å². The van der Waals surface area contributed by atoms with Gasteiger partial charge in [0.2, 0.25) is 0 Å². The van der Waals surface area contributed by atoms with Crippen molar-refractivity contribution < 1.29 is 35.3 Å². The molecule has 11 heteroatoms. The molecule has 1 aliphatic rings. The highest BCUT2D eigenvalue weighted by molar-refractivity contribution is 7.87. The third-order valence-electron chi connectivity index (χ3n) is 3.00. The number of nitrogens with zero attached hydrogens (tertiary/aromatic N) is 1. The Hall–Kier alpha value is -1.23. The first-order valence-corrected chi connectivity index (χ1v) is 12.0. The van der Waals surface area contributed by atoms with Crippen molar-refractivity contribution in [1.29, 1.82) is 0 Å². The maximum absolute atomic E-state index is 12.2. The average molecular weight is 375 g/mol. The van der Waals surface area contributed by atoms with E-state index >= 15 is 0 Å². The maximum atomic E-state index is 12.2. The van der Waals surface area contributed by atoms with Crippen molar-refractivity contribution in [2.24, 2.45) is 0 Å². The van der Waals surface area contributed by atoms with Crippen LogP contribution >= 0.6 is 0 Å². The second kappa shape index (κ2) is 7.12. The highest BCUT2D eigenvalue weighted by atomic mass is 32.2. The Kier molecular flexibility index (Phi) is 6.13. The third kappa shape index (κ3) is 6.41. The Bertz CT molecular complexity index is 568. The molecule has 0 aromatic carbocycles. The summed E-state index contributed by atoms with van der Waals surface area (Å²) < 4.78 is 67.5. The summed E-state index contributed by atoms with van der Waals surface area (Å²) >= 11 is 0. The molecule has 0 radical (unpaired) electrons. The molecule has 6 nitrogen and oxygen atoms in total. The number of carbonyl (C=O) groups is 1. The van der Waals surface area contributed by atoms with Gasteiger partial charge in [0, 0.05) is 27.6 Å². The second-order valence-corrected chi connectivity index (χ2v) is 13.4. The van der Waals surface area contributed by atoms with E-state index in [2.05, 4.69) is 23.8 Å². The molecular weight excluding hydrogens is 355 g/mol. The molecule has 23 heavy (non-hydrogen) atoms. The number of amides is 1. The number of halogens is 3. The molecule has 1 amide bonds. The van der Waals surface area contributed by atoms with Gasteiger partial charge in [0.25, 0.3) is 0 Å². The van der Waals surface area contributed by atoms with Gasteiger partial charge in [-0.25, -0.2) is 4.79 Å². The molecule has 0 N–H and O–H groups in total. The van der Waals surface area contributed by atoms with Gasteiger partial charge >= 0.3 is 21.7 Å². The molecule has 0 fully saturated rings. The first-order chi connectivity index (χ1) is 10.3. The van der Waals surface area contributed by atoms with Crippen molar-refractivity contribution >= 4 is 24.3 Å². The Morgan fingerprint density at radius 2 is 1.96 bits per heavy atom. The lowest BCUT2D eigenvalue weighted by Gasteiger charge is -2.26. The number of rotatable bonds is 5. The standard InChI is InChI=1S/C12H20F3NO5SSi/c1-23(2,3)9-8-20-11(17)16-6-4-10(5-7-16)21-22(18,19)12(13,14)15/h4H,5-9H2,1-3H3. The van der Waals surface area contributed by atoms with E-state index in [0.717, 1.165) is 12.1 Å². The van der Waals surface area contributed by atoms with Crippen LogP contribution in [0.2, 0.25) is 25.7 Å². The topological polar surface area (TPSA) is 72.9 Å². The predicted molar refractivity (Wildman–Crippen MR) is 79.8 cm³/mol. The van der Waals surface area contributed by atoms with Gasteiger partial charge in [-0.1, -0.05) is 19.6 Å². The van der Waals surface area contributed by atoms with Crippen LogP contribution in [0.5, 0.6) is 0 Å². The van der Waals surface area contributed by atoms with Crippen LogP contribution in [0.25, 0.3) is 0 Å². The lowest BCUT2D eigenvalue weighted by Crippen LogP contribution is -2.37. The normalized spacial score (nSPS) is 16.8. The summed E-state index contributed by atoms with van der Waals surface area (Å²) in [4.78, 5) is 13.1. The molecule has 0 unspecified atom stereocenters. The highest BCUT2D eigenvalue weighted by Gasteiger charge is 2.49. The summed E-state index contributed by atoms with van der Waals surface area (Å²) in [5.41, 5.74) is -5.47. The first-order valence-electron chi connectivity index (χ1n) is 6.93. The Morgan fingerprint density at radius 3 is 2.39 bits per heavy atom. The quantitative estimate of drug-likeness (QED) is 0.420. The molecule has 1 rings (SSSR count). The van der Waals surface area contributed by atoms with Gasteiger partial charge in [0.1, 0.15) is 5.76 Å². The van der Waals surface area contributed by atoms with Crippen LogP contribution in [0, 0.1) is 0 Å². The number of hydrogen-bond donors (Lipinski definition) is 0. The minimum atomic E-state index is -5.66. The Labute approximate surface area is 134 Å². The monoisotopic (exact) mass is 375 g/mol. The molecule has 1 heterocycles. The fraction of sp³-hybridized carbons (Fsp3) is 0.750. The number of alkyl halides is 3. The largest absolute Gasteiger partial charge is 0.534 e. The van der Waals surface area contributed by atoms with Crippen LogP contribution in [-0.2, 0) is 19.0 Å². The molecular formula is C12H20F3NO5SSi. The second-order valence-electron chi connectivity index (χ2n) is 6.27. The van der Waals surface area contributed by atoms with E-state index in [4.69, 9.17) is 4.74 Å². The minimum absolute atomic E-state index is 0.0327. The van der Waals surface area contributed by atoms with Gasteiger partial charge in [-0.3, -0.25) is 0 Å². The summed E-state index contributed by atoms with van der Waals surface area (Å²) in [6.07, 6.45) is 0.433. The maximum Gasteiger partial charge on any atom is 0.534 e. The molecule has 1 aliphatic heterocycles. The summed E-state index contributed by atoms with van der Waals surface area (Å²) in [6.45, 7) is 6.67. The van der Waals surface area contributed by atoms with E-state index in [1.54, 1.807) is 0 Å².